The number of amides is 4. The van der Waals surface area contributed by atoms with E-state index in [-0.39, 0.29) is 38.5 Å². The van der Waals surface area contributed by atoms with Crippen LogP contribution in [0.1, 0.15) is 6.42 Å². The van der Waals surface area contributed by atoms with Crippen molar-refractivity contribution in [1.82, 2.24) is 21.3 Å². The first-order valence-electron chi connectivity index (χ1n) is 7.74. The van der Waals surface area contributed by atoms with Gasteiger partial charge >= 0.3 is 0 Å². The molecule has 0 aliphatic heterocycles. The molecule has 0 aliphatic carbocycles. The van der Waals surface area contributed by atoms with E-state index in [1.807, 2.05) is 0 Å². The van der Waals surface area contributed by atoms with Crippen molar-refractivity contribution in [3.05, 3.63) is 0 Å². The van der Waals surface area contributed by atoms with Gasteiger partial charge < -0.3 is 44.2 Å². The van der Waals surface area contributed by atoms with Crippen molar-refractivity contribution in [2.75, 3.05) is 33.2 Å². The first-order chi connectivity index (χ1) is 11.8. The SMILES string of the molecule is CNC(=O)CCNC(=O)C(CNC(=O)C(N)CN)NC(=O)C(N)CN. The number of carbonyl (C=O) groups excluding carboxylic acids is 4. The van der Waals surface area contributed by atoms with Crippen LogP contribution in [-0.2, 0) is 19.2 Å². The van der Waals surface area contributed by atoms with E-state index in [4.69, 9.17) is 22.9 Å². The van der Waals surface area contributed by atoms with Gasteiger partial charge in [0.25, 0.3) is 0 Å². The summed E-state index contributed by atoms with van der Waals surface area (Å²) in [5, 5.41) is 9.70. The monoisotopic (exact) mass is 360 g/mol. The molecule has 12 heteroatoms. The van der Waals surface area contributed by atoms with Gasteiger partial charge in [-0.25, -0.2) is 0 Å². The third-order valence-electron chi connectivity index (χ3n) is 3.22. The van der Waals surface area contributed by atoms with Gasteiger partial charge in [0.2, 0.25) is 23.6 Å². The van der Waals surface area contributed by atoms with E-state index in [0.29, 0.717) is 0 Å². The van der Waals surface area contributed by atoms with Crippen molar-refractivity contribution >= 4 is 23.6 Å². The van der Waals surface area contributed by atoms with Crippen molar-refractivity contribution in [3.63, 3.8) is 0 Å². The van der Waals surface area contributed by atoms with Crippen LogP contribution in [0.3, 0.4) is 0 Å². The zero-order valence-corrected chi connectivity index (χ0v) is 14.2. The molecular formula is C13H28N8O4. The van der Waals surface area contributed by atoms with Gasteiger partial charge in [0.1, 0.15) is 6.04 Å². The Morgan fingerprint density at radius 1 is 0.880 bits per heavy atom. The Hall–Kier alpha value is -2.28. The zero-order valence-electron chi connectivity index (χ0n) is 14.2. The van der Waals surface area contributed by atoms with E-state index in [0.717, 1.165) is 0 Å². The predicted octanol–water partition coefficient (Wildman–Crippen LogP) is -5.59. The number of hydrogen-bond acceptors (Lipinski definition) is 8. The number of rotatable bonds is 11. The number of carbonyl (C=O) groups is 4. The minimum Gasteiger partial charge on any atom is -0.359 e. The van der Waals surface area contributed by atoms with Crippen LogP contribution in [0.15, 0.2) is 0 Å². The number of nitrogens with one attached hydrogen (secondary N) is 4. The molecule has 0 saturated carbocycles. The molecule has 0 aromatic heterocycles. The molecule has 0 aliphatic rings. The topological polar surface area (TPSA) is 220 Å². The van der Waals surface area contributed by atoms with Crippen molar-refractivity contribution in [1.29, 1.82) is 0 Å². The van der Waals surface area contributed by atoms with Gasteiger partial charge in [0.05, 0.1) is 12.1 Å². The highest BCUT2D eigenvalue weighted by Gasteiger charge is 2.24. The van der Waals surface area contributed by atoms with Crippen molar-refractivity contribution in [2.45, 2.75) is 24.5 Å². The van der Waals surface area contributed by atoms with Gasteiger partial charge in [-0.3, -0.25) is 19.2 Å². The second kappa shape index (κ2) is 12.1. The third kappa shape index (κ3) is 8.95. The molecule has 0 spiro atoms. The predicted molar refractivity (Wildman–Crippen MR) is 90.7 cm³/mol. The Kier molecular flexibility index (Phi) is 11.0. The lowest BCUT2D eigenvalue weighted by Gasteiger charge is -2.21. The summed E-state index contributed by atoms with van der Waals surface area (Å²) < 4.78 is 0. The Morgan fingerprint density at radius 3 is 1.96 bits per heavy atom. The second-order valence-electron chi connectivity index (χ2n) is 5.20. The third-order valence-corrected chi connectivity index (χ3v) is 3.22. The van der Waals surface area contributed by atoms with Crippen LogP contribution in [0.25, 0.3) is 0 Å². The molecule has 0 radical (unpaired) electrons. The van der Waals surface area contributed by atoms with Crippen molar-refractivity contribution < 1.29 is 19.2 Å². The minimum absolute atomic E-state index is 0.0596. The van der Waals surface area contributed by atoms with E-state index < -0.39 is 35.8 Å². The Balaban J connectivity index is 4.75. The van der Waals surface area contributed by atoms with Crippen LogP contribution in [0.4, 0.5) is 0 Å². The Labute approximate surface area is 145 Å². The lowest BCUT2D eigenvalue weighted by Crippen LogP contribution is -2.58. The summed E-state index contributed by atoms with van der Waals surface area (Å²) in [7, 11) is 1.47. The molecule has 3 atom stereocenters. The molecule has 3 unspecified atom stereocenters. The standard InChI is InChI=1S/C13H28N8O4/c1-18-10(22)2-3-19-13(25)9(21-12(24)8(17)5-15)6-20-11(23)7(16)4-14/h7-9H,2-6,14-17H2,1H3,(H,18,22)(H,19,25)(H,20,23)(H,21,24). The molecule has 25 heavy (non-hydrogen) atoms. The zero-order chi connectivity index (χ0) is 19.4. The lowest BCUT2D eigenvalue weighted by atomic mass is 10.2. The van der Waals surface area contributed by atoms with E-state index >= 15 is 0 Å². The second-order valence-corrected chi connectivity index (χ2v) is 5.20. The van der Waals surface area contributed by atoms with Crippen molar-refractivity contribution in [2.24, 2.45) is 22.9 Å². The van der Waals surface area contributed by atoms with Gasteiger partial charge in [0.15, 0.2) is 0 Å². The number of nitrogens with two attached hydrogens (primary N) is 4. The maximum absolute atomic E-state index is 12.2. The fraction of sp³-hybridized carbons (Fsp3) is 0.692. The van der Waals surface area contributed by atoms with Crippen LogP contribution in [0.5, 0.6) is 0 Å². The van der Waals surface area contributed by atoms with Gasteiger partial charge in [-0.05, 0) is 0 Å². The summed E-state index contributed by atoms with van der Waals surface area (Å²) in [5.74, 6) is -2.06. The van der Waals surface area contributed by atoms with E-state index in [2.05, 4.69) is 21.3 Å². The molecule has 12 nitrogen and oxygen atoms in total. The Bertz CT molecular complexity index is 473. The molecule has 0 fully saturated rings. The van der Waals surface area contributed by atoms with Gasteiger partial charge in [0, 0.05) is 39.6 Å². The van der Waals surface area contributed by atoms with Gasteiger partial charge in [-0.1, -0.05) is 0 Å². The maximum atomic E-state index is 12.2. The highest BCUT2D eigenvalue weighted by Crippen LogP contribution is 1.88. The molecule has 0 bridgehead atoms. The van der Waals surface area contributed by atoms with E-state index in [1.54, 1.807) is 0 Å². The van der Waals surface area contributed by atoms with Gasteiger partial charge in [-0.2, -0.15) is 0 Å². The van der Waals surface area contributed by atoms with E-state index in [1.165, 1.54) is 7.05 Å². The number of hydrogen-bond donors (Lipinski definition) is 8. The molecule has 0 rings (SSSR count). The van der Waals surface area contributed by atoms with Gasteiger partial charge in [-0.15, -0.1) is 0 Å². The summed E-state index contributed by atoms with van der Waals surface area (Å²) in [6.07, 6.45) is 0.0651. The molecular weight excluding hydrogens is 332 g/mol. The molecule has 4 amide bonds. The highest BCUT2D eigenvalue weighted by atomic mass is 16.2. The fourth-order valence-corrected chi connectivity index (χ4v) is 1.58. The van der Waals surface area contributed by atoms with Crippen LogP contribution < -0.4 is 44.2 Å². The normalized spacial score (nSPS) is 14.0. The van der Waals surface area contributed by atoms with E-state index in [9.17, 15) is 19.2 Å². The van der Waals surface area contributed by atoms with Crippen LogP contribution in [0.2, 0.25) is 0 Å². The van der Waals surface area contributed by atoms with Crippen molar-refractivity contribution in [3.8, 4) is 0 Å². The summed E-state index contributed by atoms with van der Waals surface area (Å²) in [4.78, 5) is 46.8. The average Bonchev–Trinajstić information content (AvgIpc) is 2.62. The quantitative estimate of drug-likeness (QED) is 0.177. The maximum Gasteiger partial charge on any atom is 0.244 e. The van der Waals surface area contributed by atoms with Crippen LogP contribution in [0, 0.1) is 0 Å². The molecule has 12 N–H and O–H groups in total. The summed E-state index contributed by atoms with van der Waals surface area (Å²) in [6.45, 7) is -0.341. The smallest absolute Gasteiger partial charge is 0.244 e. The molecule has 0 aromatic carbocycles. The summed E-state index contributed by atoms with van der Waals surface area (Å²) in [6, 6.07) is -3.04. The first-order valence-corrected chi connectivity index (χ1v) is 7.74. The van der Waals surface area contributed by atoms with Crippen LogP contribution >= 0.6 is 0 Å². The Morgan fingerprint density at radius 2 is 1.44 bits per heavy atom. The molecule has 144 valence electrons. The average molecular weight is 360 g/mol. The molecule has 0 aromatic rings. The largest absolute Gasteiger partial charge is 0.359 e. The first kappa shape index (κ1) is 22.7. The highest BCUT2D eigenvalue weighted by molar-refractivity contribution is 5.91. The van der Waals surface area contributed by atoms with Crippen LogP contribution in [-0.4, -0.2) is 75.0 Å². The fourth-order valence-electron chi connectivity index (χ4n) is 1.58. The molecule has 0 saturated heterocycles. The molecule has 0 heterocycles. The summed E-state index contributed by atoms with van der Waals surface area (Å²) in [5.41, 5.74) is 21.6. The minimum atomic E-state index is -1.11. The summed E-state index contributed by atoms with van der Waals surface area (Å²) >= 11 is 0. The lowest BCUT2D eigenvalue weighted by molar-refractivity contribution is -0.130.